The maximum absolute atomic E-state index is 12.0. The summed E-state index contributed by atoms with van der Waals surface area (Å²) in [5, 5.41) is 2.86. The molecule has 2 rings (SSSR count). The smallest absolute Gasteiger partial charge is 0.258 e. The summed E-state index contributed by atoms with van der Waals surface area (Å²) in [7, 11) is 0. The third kappa shape index (κ3) is 3.54. The topological polar surface area (TPSA) is 72.2 Å². The largest absolute Gasteiger partial charge is 0.398 e. The summed E-state index contributed by atoms with van der Waals surface area (Å²) in [5.74, 6) is -1.09. The van der Waals surface area contributed by atoms with E-state index in [0.29, 0.717) is 16.3 Å². The number of rotatable bonds is 2. The number of carbonyl (C=O) groups excluding carboxylic acids is 2. The van der Waals surface area contributed by atoms with Crippen LogP contribution in [0.3, 0.4) is 0 Å². The van der Waals surface area contributed by atoms with Crippen LogP contribution in [-0.2, 0) is 0 Å². The van der Waals surface area contributed by atoms with Crippen molar-refractivity contribution in [2.24, 2.45) is 0 Å². The molecule has 0 bridgehead atoms. The highest BCUT2D eigenvalue weighted by Crippen LogP contribution is 2.22. The first-order valence-electron chi connectivity index (χ1n) is 6.05. The van der Waals surface area contributed by atoms with Gasteiger partial charge in [-0.25, -0.2) is 0 Å². The first-order chi connectivity index (χ1) is 9.88. The maximum Gasteiger partial charge on any atom is 0.258 e. The molecule has 3 N–H and O–H groups in total. The van der Waals surface area contributed by atoms with Gasteiger partial charge in [-0.15, -0.1) is 0 Å². The number of carbonyl (C=O) groups is 2. The van der Waals surface area contributed by atoms with Gasteiger partial charge in [-0.05, 0) is 42.8 Å². The second-order valence-electron chi connectivity index (χ2n) is 4.48. The monoisotopic (exact) mass is 322 g/mol. The van der Waals surface area contributed by atoms with E-state index in [-0.39, 0.29) is 10.6 Å². The van der Waals surface area contributed by atoms with Crippen molar-refractivity contribution in [3.63, 3.8) is 0 Å². The predicted octanol–water partition coefficient (Wildman–Crippen LogP) is 3.45. The molecule has 4 nitrogen and oxygen atoms in total. The third-order valence-electron chi connectivity index (χ3n) is 2.95. The SMILES string of the molecule is Cc1ccc(C(=O)NC(=O)c2ccc(Cl)c(Cl)c2)cc1N. The standard InChI is InChI=1S/C15H12Cl2N2O2/c1-8-2-3-10(7-13(8)18)15(21)19-14(20)9-4-5-11(16)12(17)6-9/h2-7H,18H2,1H3,(H,19,20,21). The number of nitrogen functional groups attached to an aromatic ring is 1. The van der Waals surface area contributed by atoms with Crippen LogP contribution >= 0.6 is 23.2 Å². The molecule has 0 atom stereocenters. The number of imide groups is 1. The molecule has 0 saturated carbocycles. The van der Waals surface area contributed by atoms with Crippen molar-refractivity contribution in [3.05, 3.63) is 63.1 Å². The maximum atomic E-state index is 12.0. The van der Waals surface area contributed by atoms with Crippen LogP contribution in [0.2, 0.25) is 10.0 Å². The lowest BCUT2D eigenvalue weighted by atomic mass is 10.1. The zero-order valence-electron chi connectivity index (χ0n) is 11.1. The van der Waals surface area contributed by atoms with Crippen LogP contribution in [-0.4, -0.2) is 11.8 Å². The number of nitrogens with two attached hydrogens (primary N) is 1. The molecule has 0 aromatic heterocycles. The normalized spacial score (nSPS) is 10.2. The number of hydrogen-bond acceptors (Lipinski definition) is 3. The van der Waals surface area contributed by atoms with Crippen molar-refractivity contribution in [3.8, 4) is 0 Å². The quantitative estimate of drug-likeness (QED) is 0.657. The summed E-state index contributed by atoms with van der Waals surface area (Å²) in [4.78, 5) is 24.0. The van der Waals surface area contributed by atoms with E-state index in [4.69, 9.17) is 28.9 Å². The van der Waals surface area contributed by atoms with Crippen molar-refractivity contribution in [2.45, 2.75) is 6.92 Å². The van der Waals surface area contributed by atoms with Gasteiger partial charge in [-0.2, -0.15) is 0 Å². The highest BCUT2D eigenvalue weighted by atomic mass is 35.5. The summed E-state index contributed by atoms with van der Waals surface area (Å²) in [5.41, 5.74) is 7.65. The number of nitrogens with one attached hydrogen (secondary N) is 1. The van der Waals surface area contributed by atoms with Crippen molar-refractivity contribution in [1.29, 1.82) is 0 Å². The fourth-order valence-electron chi connectivity index (χ4n) is 1.67. The number of benzene rings is 2. The zero-order chi connectivity index (χ0) is 15.6. The molecule has 108 valence electrons. The van der Waals surface area contributed by atoms with Crippen LogP contribution < -0.4 is 11.1 Å². The van der Waals surface area contributed by atoms with Gasteiger partial charge in [0.1, 0.15) is 0 Å². The lowest BCUT2D eigenvalue weighted by molar-refractivity contribution is 0.0849. The third-order valence-corrected chi connectivity index (χ3v) is 3.69. The fraction of sp³-hybridized carbons (Fsp3) is 0.0667. The number of halogens is 2. The number of anilines is 1. The summed E-state index contributed by atoms with van der Waals surface area (Å²) >= 11 is 11.6. The van der Waals surface area contributed by atoms with Crippen LogP contribution in [0.5, 0.6) is 0 Å². The van der Waals surface area contributed by atoms with Gasteiger partial charge in [0.15, 0.2) is 0 Å². The molecule has 0 heterocycles. The number of hydrogen-bond donors (Lipinski definition) is 2. The van der Waals surface area contributed by atoms with Crippen LogP contribution in [0.25, 0.3) is 0 Å². The Morgan fingerprint density at radius 1 is 0.952 bits per heavy atom. The molecule has 0 aliphatic heterocycles. The van der Waals surface area contributed by atoms with Crippen molar-refractivity contribution in [2.75, 3.05) is 5.73 Å². The molecule has 2 amide bonds. The Bertz CT molecular complexity index is 668. The molecular formula is C15H12Cl2N2O2. The Morgan fingerprint density at radius 3 is 2.10 bits per heavy atom. The molecule has 0 radical (unpaired) electrons. The first kappa shape index (κ1) is 15.4. The second kappa shape index (κ2) is 6.16. The summed E-state index contributed by atoms with van der Waals surface area (Å²) in [6.07, 6.45) is 0. The van der Waals surface area contributed by atoms with Gasteiger partial charge >= 0.3 is 0 Å². The van der Waals surface area contributed by atoms with Gasteiger partial charge < -0.3 is 5.73 Å². The van der Waals surface area contributed by atoms with Gasteiger partial charge in [0.25, 0.3) is 11.8 Å². The highest BCUT2D eigenvalue weighted by molar-refractivity contribution is 6.42. The molecule has 0 aliphatic rings. The molecule has 0 fully saturated rings. The molecule has 2 aromatic carbocycles. The first-order valence-corrected chi connectivity index (χ1v) is 6.81. The van der Waals surface area contributed by atoms with E-state index in [1.165, 1.54) is 24.3 Å². The van der Waals surface area contributed by atoms with Gasteiger partial charge in [0, 0.05) is 16.8 Å². The number of amides is 2. The van der Waals surface area contributed by atoms with Gasteiger partial charge in [0.05, 0.1) is 10.0 Å². The van der Waals surface area contributed by atoms with Crippen molar-refractivity contribution < 1.29 is 9.59 Å². The van der Waals surface area contributed by atoms with E-state index >= 15 is 0 Å². The number of aryl methyl sites for hydroxylation is 1. The Kier molecular flexibility index (Phi) is 4.50. The second-order valence-corrected chi connectivity index (χ2v) is 5.30. The molecule has 0 spiro atoms. The molecule has 6 heteroatoms. The molecule has 21 heavy (non-hydrogen) atoms. The average molecular weight is 323 g/mol. The summed E-state index contributed by atoms with van der Waals surface area (Å²) < 4.78 is 0. The summed E-state index contributed by atoms with van der Waals surface area (Å²) in [6.45, 7) is 1.83. The molecule has 0 saturated heterocycles. The predicted molar refractivity (Wildman–Crippen MR) is 83.9 cm³/mol. The van der Waals surface area contributed by atoms with Crippen LogP contribution in [0.4, 0.5) is 5.69 Å². The molecule has 0 aliphatic carbocycles. The van der Waals surface area contributed by atoms with Crippen LogP contribution in [0, 0.1) is 6.92 Å². The fourth-order valence-corrected chi connectivity index (χ4v) is 1.96. The molecular weight excluding hydrogens is 311 g/mol. The Labute approximate surface area is 131 Å². The van der Waals surface area contributed by atoms with Crippen LogP contribution in [0.15, 0.2) is 36.4 Å². The van der Waals surface area contributed by atoms with Gasteiger partial charge in [-0.1, -0.05) is 29.3 Å². The summed E-state index contributed by atoms with van der Waals surface area (Å²) in [6, 6.07) is 9.22. The average Bonchev–Trinajstić information content (AvgIpc) is 2.44. The lowest BCUT2D eigenvalue weighted by Crippen LogP contribution is -2.30. The molecule has 2 aromatic rings. The van der Waals surface area contributed by atoms with Crippen molar-refractivity contribution in [1.82, 2.24) is 5.32 Å². The zero-order valence-corrected chi connectivity index (χ0v) is 12.6. The minimum absolute atomic E-state index is 0.247. The minimum Gasteiger partial charge on any atom is -0.398 e. The van der Waals surface area contributed by atoms with Gasteiger partial charge in [0.2, 0.25) is 0 Å². The lowest BCUT2D eigenvalue weighted by Gasteiger charge is -2.07. The Hall–Kier alpha value is -2.04. The van der Waals surface area contributed by atoms with E-state index in [9.17, 15) is 9.59 Å². The highest BCUT2D eigenvalue weighted by Gasteiger charge is 2.14. The van der Waals surface area contributed by atoms with Crippen molar-refractivity contribution >= 4 is 40.7 Å². The van der Waals surface area contributed by atoms with E-state index < -0.39 is 11.8 Å². The molecule has 0 unspecified atom stereocenters. The Morgan fingerprint density at radius 2 is 1.52 bits per heavy atom. The van der Waals surface area contributed by atoms with E-state index in [1.807, 2.05) is 6.92 Å². The van der Waals surface area contributed by atoms with E-state index in [2.05, 4.69) is 5.32 Å². The van der Waals surface area contributed by atoms with E-state index in [0.717, 1.165) is 5.56 Å². The van der Waals surface area contributed by atoms with Crippen LogP contribution in [0.1, 0.15) is 26.3 Å². The van der Waals surface area contributed by atoms with Gasteiger partial charge in [-0.3, -0.25) is 14.9 Å². The Balaban J connectivity index is 2.16. The van der Waals surface area contributed by atoms with E-state index in [1.54, 1.807) is 12.1 Å². The minimum atomic E-state index is -0.558.